The predicted molar refractivity (Wildman–Crippen MR) is 79.5 cm³/mol. The molecule has 0 N–H and O–H groups in total. The van der Waals surface area contributed by atoms with Crippen molar-refractivity contribution < 1.29 is 9.53 Å². The highest BCUT2D eigenvalue weighted by Gasteiger charge is 2.13. The highest BCUT2D eigenvalue weighted by atomic mass is 35.5. The van der Waals surface area contributed by atoms with Crippen LogP contribution >= 0.6 is 11.6 Å². The average molecular weight is 287 g/mol. The van der Waals surface area contributed by atoms with Gasteiger partial charge in [0, 0.05) is 24.3 Å². The zero-order chi connectivity index (χ0) is 13.9. The second kappa shape index (κ2) is 5.68. The quantitative estimate of drug-likeness (QED) is 0.858. The zero-order valence-electron chi connectivity index (χ0n) is 11.1. The molecule has 1 aliphatic rings. The van der Waals surface area contributed by atoms with Gasteiger partial charge in [0.25, 0.3) is 0 Å². The van der Waals surface area contributed by atoms with E-state index in [9.17, 15) is 4.79 Å². The fourth-order valence-corrected chi connectivity index (χ4v) is 2.60. The smallest absolute Gasteiger partial charge is 0.141 e. The molecule has 2 aromatic rings. The topological polar surface area (TPSA) is 26.3 Å². The fourth-order valence-electron chi connectivity index (χ4n) is 2.47. The van der Waals surface area contributed by atoms with Gasteiger partial charge < -0.3 is 4.74 Å². The molecular formula is C17H15ClO2. The van der Waals surface area contributed by atoms with Gasteiger partial charge in [-0.3, -0.25) is 4.79 Å². The molecule has 0 amide bonds. The van der Waals surface area contributed by atoms with Crippen LogP contribution < -0.4 is 4.74 Å². The Hall–Kier alpha value is -1.80. The molecule has 0 aromatic heterocycles. The number of carbonyl (C=O) groups excluding carboxylic acids is 1. The van der Waals surface area contributed by atoms with Crippen LogP contribution in [0.15, 0.2) is 42.5 Å². The largest absolute Gasteiger partial charge is 0.493 e. The van der Waals surface area contributed by atoms with E-state index in [2.05, 4.69) is 6.07 Å². The van der Waals surface area contributed by atoms with Crippen molar-refractivity contribution in [3.8, 4) is 5.75 Å². The molecule has 0 saturated carbocycles. The van der Waals surface area contributed by atoms with E-state index in [1.807, 2.05) is 36.4 Å². The molecule has 102 valence electrons. The summed E-state index contributed by atoms with van der Waals surface area (Å²) in [6.07, 6.45) is 1.86. The van der Waals surface area contributed by atoms with Gasteiger partial charge in [0.15, 0.2) is 0 Å². The SMILES string of the molecule is O=C(Cc1ccc(Cl)cc1)Cc1ccc2c(c1)CCO2. The van der Waals surface area contributed by atoms with E-state index in [-0.39, 0.29) is 5.78 Å². The molecule has 0 bridgehead atoms. The minimum absolute atomic E-state index is 0.214. The number of benzene rings is 2. The third-order valence-corrected chi connectivity index (χ3v) is 3.72. The molecule has 1 heterocycles. The summed E-state index contributed by atoms with van der Waals surface area (Å²) in [7, 11) is 0. The summed E-state index contributed by atoms with van der Waals surface area (Å²) in [4.78, 5) is 12.1. The van der Waals surface area contributed by atoms with Crippen LogP contribution in [-0.4, -0.2) is 12.4 Å². The molecule has 1 aliphatic heterocycles. The summed E-state index contributed by atoms with van der Waals surface area (Å²) in [6, 6.07) is 13.5. The van der Waals surface area contributed by atoms with Crippen LogP contribution in [-0.2, 0) is 24.1 Å². The molecule has 2 nitrogen and oxygen atoms in total. The monoisotopic (exact) mass is 286 g/mol. The molecule has 0 saturated heterocycles. The highest BCUT2D eigenvalue weighted by molar-refractivity contribution is 6.30. The first kappa shape index (κ1) is 13.2. The number of ether oxygens (including phenoxy) is 1. The normalized spacial score (nSPS) is 12.8. The molecule has 0 spiro atoms. The van der Waals surface area contributed by atoms with E-state index in [0.717, 1.165) is 29.9 Å². The first-order valence-electron chi connectivity index (χ1n) is 6.71. The zero-order valence-corrected chi connectivity index (χ0v) is 11.8. The van der Waals surface area contributed by atoms with Crippen molar-refractivity contribution in [2.45, 2.75) is 19.3 Å². The van der Waals surface area contributed by atoms with E-state index in [1.54, 1.807) is 0 Å². The second-order valence-electron chi connectivity index (χ2n) is 5.06. The van der Waals surface area contributed by atoms with Gasteiger partial charge in [-0.25, -0.2) is 0 Å². The van der Waals surface area contributed by atoms with Crippen molar-refractivity contribution in [2.24, 2.45) is 0 Å². The standard InChI is InChI=1S/C17H15ClO2/c18-15-4-1-12(2-5-15)10-16(19)11-13-3-6-17-14(9-13)7-8-20-17/h1-6,9H,7-8,10-11H2. The molecule has 0 radical (unpaired) electrons. The highest BCUT2D eigenvalue weighted by Crippen LogP contribution is 2.26. The second-order valence-corrected chi connectivity index (χ2v) is 5.50. The summed E-state index contributed by atoms with van der Waals surface area (Å²) < 4.78 is 5.47. The Morgan fingerprint density at radius 1 is 1.05 bits per heavy atom. The van der Waals surface area contributed by atoms with Gasteiger partial charge in [-0.1, -0.05) is 35.9 Å². The van der Waals surface area contributed by atoms with Crippen molar-refractivity contribution in [1.29, 1.82) is 0 Å². The summed E-state index contributed by atoms with van der Waals surface area (Å²) in [6.45, 7) is 0.748. The van der Waals surface area contributed by atoms with Crippen LogP contribution in [0.25, 0.3) is 0 Å². The van der Waals surface area contributed by atoms with Gasteiger partial charge in [0.05, 0.1) is 6.61 Å². The van der Waals surface area contributed by atoms with Gasteiger partial charge >= 0.3 is 0 Å². The molecule has 0 unspecified atom stereocenters. The maximum absolute atomic E-state index is 12.1. The Kier molecular flexibility index (Phi) is 3.75. The number of fused-ring (bicyclic) bond motifs is 1. The van der Waals surface area contributed by atoms with E-state index < -0.39 is 0 Å². The molecular weight excluding hydrogens is 272 g/mol. The molecule has 3 rings (SSSR count). The minimum atomic E-state index is 0.214. The number of ketones is 1. The molecule has 2 aromatic carbocycles. The van der Waals surface area contributed by atoms with Gasteiger partial charge in [-0.05, 0) is 34.9 Å². The molecule has 3 heteroatoms. The lowest BCUT2D eigenvalue weighted by atomic mass is 10.0. The third kappa shape index (κ3) is 3.02. The number of halogens is 1. The number of hydrogen-bond donors (Lipinski definition) is 0. The van der Waals surface area contributed by atoms with Crippen molar-refractivity contribution in [1.82, 2.24) is 0 Å². The van der Waals surface area contributed by atoms with Crippen LogP contribution in [0.3, 0.4) is 0 Å². The lowest BCUT2D eigenvalue weighted by Crippen LogP contribution is -2.06. The van der Waals surface area contributed by atoms with Crippen LogP contribution in [0.4, 0.5) is 0 Å². The number of Topliss-reactive ketones (excluding diaryl/α,β-unsaturated/α-hetero) is 1. The molecule has 0 atom stereocenters. The minimum Gasteiger partial charge on any atom is -0.493 e. The maximum Gasteiger partial charge on any atom is 0.141 e. The Morgan fingerprint density at radius 3 is 2.55 bits per heavy atom. The van der Waals surface area contributed by atoms with Gasteiger partial charge in [-0.15, -0.1) is 0 Å². The number of carbonyl (C=O) groups is 1. The van der Waals surface area contributed by atoms with Gasteiger partial charge in [0.2, 0.25) is 0 Å². The Morgan fingerprint density at radius 2 is 1.75 bits per heavy atom. The molecule has 0 fully saturated rings. The predicted octanol–water partition coefficient (Wildman–Crippen LogP) is 3.63. The van der Waals surface area contributed by atoms with Crippen molar-refractivity contribution in [2.75, 3.05) is 6.61 Å². The third-order valence-electron chi connectivity index (χ3n) is 3.47. The first-order chi connectivity index (χ1) is 9.70. The van der Waals surface area contributed by atoms with Crippen LogP contribution in [0, 0.1) is 0 Å². The molecule has 20 heavy (non-hydrogen) atoms. The summed E-state index contributed by atoms with van der Waals surface area (Å²) in [5.74, 6) is 1.17. The van der Waals surface area contributed by atoms with Gasteiger partial charge in [0.1, 0.15) is 11.5 Å². The summed E-state index contributed by atoms with van der Waals surface area (Å²) in [5, 5.41) is 0.694. The van der Waals surface area contributed by atoms with Gasteiger partial charge in [-0.2, -0.15) is 0 Å². The number of hydrogen-bond acceptors (Lipinski definition) is 2. The maximum atomic E-state index is 12.1. The van der Waals surface area contributed by atoms with E-state index in [4.69, 9.17) is 16.3 Å². The van der Waals surface area contributed by atoms with E-state index in [0.29, 0.717) is 17.9 Å². The lowest BCUT2D eigenvalue weighted by Gasteiger charge is -2.04. The van der Waals surface area contributed by atoms with Crippen molar-refractivity contribution in [3.63, 3.8) is 0 Å². The average Bonchev–Trinajstić information content (AvgIpc) is 2.89. The number of rotatable bonds is 4. The Balaban J connectivity index is 1.65. The fraction of sp³-hybridized carbons (Fsp3) is 0.235. The van der Waals surface area contributed by atoms with Crippen LogP contribution in [0.1, 0.15) is 16.7 Å². The van der Waals surface area contributed by atoms with Crippen molar-refractivity contribution in [3.05, 3.63) is 64.2 Å². The van der Waals surface area contributed by atoms with E-state index >= 15 is 0 Å². The molecule has 0 aliphatic carbocycles. The Labute approximate surface area is 123 Å². The Bertz CT molecular complexity index is 632. The summed E-state index contributed by atoms with van der Waals surface area (Å²) in [5.41, 5.74) is 3.28. The van der Waals surface area contributed by atoms with Crippen LogP contribution in [0.5, 0.6) is 5.75 Å². The van der Waals surface area contributed by atoms with Crippen LogP contribution in [0.2, 0.25) is 5.02 Å². The first-order valence-corrected chi connectivity index (χ1v) is 7.09. The van der Waals surface area contributed by atoms with Crippen molar-refractivity contribution >= 4 is 17.4 Å². The van der Waals surface area contributed by atoms with E-state index in [1.165, 1.54) is 5.56 Å². The summed E-state index contributed by atoms with van der Waals surface area (Å²) >= 11 is 5.84. The lowest BCUT2D eigenvalue weighted by molar-refractivity contribution is -0.117.